The molecule has 1 aliphatic carbocycles. The summed E-state index contributed by atoms with van der Waals surface area (Å²) in [5.41, 5.74) is 8.41. The van der Waals surface area contributed by atoms with Crippen molar-refractivity contribution in [1.29, 1.82) is 0 Å². The van der Waals surface area contributed by atoms with Crippen LogP contribution in [0.25, 0.3) is 0 Å². The first-order chi connectivity index (χ1) is 10.5. The lowest BCUT2D eigenvalue weighted by atomic mass is 9.89. The molecule has 22 heavy (non-hydrogen) atoms. The molecule has 0 bridgehead atoms. The monoisotopic (exact) mass is 301 g/mol. The first kappa shape index (κ1) is 16.5. The Balaban J connectivity index is 1.87. The van der Waals surface area contributed by atoms with E-state index in [-0.39, 0.29) is 12.5 Å². The minimum absolute atomic E-state index is 0.0925. The van der Waals surface area contributed by atoms with Gasteiger partial charge in [0.1, 0.15) is 0 Å². The van der Waals surface area contributed by atoms with Crippen molar-refractivity contribution in [3.05, 3.63) is 28.8 Å². The quantitative estimate of drug-likeness (QED) is 0.833. The maximum atomic E-state index is 11.9. The molecule has 0 unspecified atom stereocenters. The van der Waals surface area contributed by atoms with E-state index in [2.05, 4.69) is 55.7 Å². The van der Waals surface area contributed by atoms with Gasteiger partial charge in [-0.1, -0.05) is 24.6 Å². The maximum absolute atomic E-state index is 11.9. The van der Waals surface area contributed by atoms with E-state index in [1.54, 1.807) is 0 Å². The summed E-state index contributed by atoms with van der Waals surface area (Å²) in [7, 11) is 0. The van der Waals surface area contributed by atoms with Gasteiger partial charge in [0.25, 0.3) is 5.91 Å². The molecule has 0 radical (unpaired) electrons. The van der Waals surface area contributed by atoms with E-state index < -0.39 is 0 Å². The number of aryl methyl sites for hydroxylation is 3. The zero-order valence-electron chi connectivity index (χ0n) is 14.1. The number of benzene rings is 1. The van der Waals surface area contributed by atoms with E-state index in [1.807, 2.05) is 0 Å². The standard InChI is InChI=1S/C18H27N3O/c1-12-6-5-7-16(10-12)20-21-17(22)11-19-18-14(3)8-13(2)9-15(18)4/h8-9,12,19H,5-7,10-11H2,1-4H3,(H,21,22)/b20-16-/t12-/m0/s1. The third kappa shape index (κ3) is 4.58. The van der Waals surface area contributed by atoms with E-state index in [1.165, 1.54) is 18.4 Å². The van der Waals surface area contributed by atoms with Gasteiger partial charge in [0.15, 0.2) is 0 Å². The van der Waals surface area contributed by atoms with E-state index >= 15 is 0 Å². The first-order valence-electron chi connectivity index (χ1n) is 8.11. The van der Waals surface area contributed by atoms with Crippen molar-refractivity contribution >= 4 is 17.3 Å². The number of hydrogen-bond donors (Lipinski definition) is 2. The van der Waals surface area contributed by atoms with Gasteiger partial charge in [0, 0.05) is 11.4 Å². The molecule has 1 aromatic carbocycles. The highest BCUT2D eigenvalue weighted by atomic mass is 16.2. The summed E-state index contributed by atoms with van der Waals surface area (Å²) in [5, 5.41) is 7.51. The molecule has 4 nitrogen and oxygen atoms in total. The Morgan fingerprint density at radius 3 is 2.59 bits per heavy atom. The summed E-state index contributed by atoms with van der Waals surface area (Å²) in [6, 6.07) is 4.24. The van der Waals surface area contributed by atoms with E-state index in [9.17, 15) is 4.79 Å². The van der Waals surface area contributed by atoms with Crippen molar-refractivity contribution in [3.63, 3.8) is 0 Å². The number of carbonyl (C=O) groups is 1. The highest BCUT2D eigenvalue weighted by molar-refractivity contribution is 5.88. The Hall–Kier alpha value is -1.84. The molecule has 0 aliphatic heterocycles. The van der Waals surface area contributed by atoms with Crippen LogP contribution >= 0.6 is 0 Å². The third-order valence-corrected chi connectivity index (χ3v) is 4.19. The second kappa shape index (κ2) is 7.43. The summed E-state index contributed by atoms with van der Waals surface area (Å²) >= 11 is 0. The zero-order chi connectivity index (χ0) is 16.1. The Morgan fingerprint density at radius 2 is 1.95 bits per heavy atom. The van der Waals surface area contributed by atoms with Gasteiger partial charge in [-0.2, -0.15) is 5.10 Å². The van der Waals surface area contributed by atoms with Crippen molar-refractivity contribution in [2.24, 2.45) is 11.0 Å². The number of carbonyl (C=O) groups excluding carboxylic acids is 1. The van der Waals surface area contributed by atoms with Crippen molar-refractivity contribution in [2.75, 3.05) is 11.9 Å². The molecule has 1 aliphatic rings. The van der Waals surface area contributed by atoms with E-state index in [0.29, 0.717) is 5.92 Å². The molecule has 0 heterocycles. The van der Waals surface area contributed by atoms with Crippen LogP contribution in [-0.2, 0) is 4.79 Å². The molecule has 4 heteroatoms. The molecule has 1 fully saturated rings. The molecular formula is C18H27N3O. The number of anilines is 1. The van der Waals surface area contributed by atoms with Crippen LogP contribution in [0.2, 0.25) is 0 Å². The number of amides is 1. The zero-order valence-corrected chi connectivity index (χ0v) is 14.1. The molecular weight excluding hydrogens is 274 g/mol. The largest absolute Gasteiger partial charge is 0.376 e. The summed E-state index contributed by atoms with van der Waals surface area (Å²) < 4.78 is 0. The predicted molar refractivity (Wildman–Crippen MR) is 92.4 cm³/mol. The molecule has 2 rings (SSSR count). The van der Waals surface area contributed by atoms with E-state index in [4.69, 9.17) is 0 Å². The van der Waals surface area contributed by atoms with Gasteiger partial charge in [-0.25, -0.2) is 5.43 Å². The highest BCUT2D eigenvalue weighted by Crippen LogP contribution is 2.22. The average Bonchev–Trinajstić information content (AvgIpc) is 2.44. The van der Waals surface area contributed by atoms with E-state index in [0.717, 1.165) is 35.4 Å². The predicted octanol–water partition coefficient (Wildman–Crippen LogP) is 3.71. The Bertz CT molecular complexity index is 555. The minimum Gasteiger partial charge on any atom is -0.376 e. The van der Waals surface area contributed by atoms with Gasteiger partial charge in [0.05, 0.1) is 6.54 Å². The Labute approximate surface area is 133 Å². The normalized spacial score (nSPS) is 20.0. The smallest absolute Gasteiger partial charge is 0.259 e. The van der Waals surface area contributed by atoms with Gasteiger partial charge in [-0.05, 0) is 63.5 Å². The fourth-order valence-electron chi connectivity index (χ4n) is 3.17. The van der Waals surface area contributed by atoms with Crippen LogP contribution in [0.5, 0.6) is 0 Å². The minimum atomic E-state index is -0.0925. The van der Waals surface area contributed by atoms with Crippen molar-refractivity contribution < 1.29 is 4.79 Å². The fraction of sp³-hybridized carbons (Fsp3) is 0.556. The summed E-state index contributed by atoms with van der Waals surface area (Å²) in [4.78, 5) is 11.9. The van der Waals surface area contributed by atoms with Crippen LogP contribution in [0.4, 0.5) is 5.69 Å². The molecule has 2 N–H and O–H groups in total. The molecule has 120 valence electrons. The van der Waals surface area contributed by atoms with Crippen LogP contribution < -0.4 is 10.7 Å². The van der Waals surface area contributed by atoms with Gasteiger partial charge in [-0.15, -0.1) is 0 Å². The molecule has 1 atom stereocenters. The fourth-order valence-corrected chi connectivity index (χ4v) is 3.17. The van der Waals surface area contributed by atoms with Crippen molar-refractivity contribution in [2.45, 2.75) is 53.4 Å². The summed E-state index contributed by atoms with van der Waals surface area (Å²) in [6.45, 7) is 8.68. The highest BCUT2D eigenvalue weighted by Gasteiger charge is 2.14. The molecule has 0 spiro atoms. The Kier molecular flexibility index (Phi) is 5.58. The average molecular weight is 301 g/mol. The topological polar surface area (TPSA) is 53.5 Å². The first-order valence-corrected chi connectivity index (χ1v) is 8.11. The van der Waals surface area contributed by atoms with Gasteiger partial charge in [0.2, 0.25) is 0 Å². The molecule has 1 amide bonds. The number of hydrazone groups is 1. The van der Waals surface area contributed by atoms with Crippen molar-refractivity contribution in [3.8, 4) is 0 Å². The van der Waals surface area contributed by atoms with Crippen LogP contribution in [0.15, 0.2) is 17.2 Å². The summed E-state index contributed by atoms with van der Waals surface area (Å²) in [6.07, 6.45) is 4.45. The molecule has 1 aromatic rings. The van der Waals surface area contributed by atoms with Crippen molar-refractivity contribution in [1.82, 2.24) is 5.43 Å². The van der Waals surface area contributed by atoms with Crippen LogP contribution in [0.3, 0.4) is 0 Å². The van der Waals surface area contributed by atoms with Crippen LogP contribution in [-0.4, -0.2) is 18.2 Å². The lowest BCUT2D eigenvalue weighted by molar-refractivity contribution is -0.119. The Morgan fingerprint density at radius 1 is 1.27 bits per heavy atom. The molecule has 0 aromatic heterocycles. The summed E-state index contributed by atoms with van der Waals surface area (Å²) in [5.74, 6) is 0.588. The molecule has 1 saturated carbocycles. The van der Waals surface area contributed by atoms with Gasteiger partial charge < -0.3 is 5.32 Å². The maximum Gasteiger partial charge on any atom is 0.259 e. The third-order valence-electron chi connectivity index (χ3n) is 4.19. The van der Waals surface area contributed by atoms with Crippen LogP contribution in [0.1, 0.15) is 49.3 Å². The van der Waals surface area contributed by atoms with Gasteiger partial charge in [-0.3, -0.25) is 4.79 Å². The lowest BCUT2D eigenvalue weighted by Gasteiger charge is -2.19. The second-order valence-corrected chi connectivity index (χ2v) is 6.54. The number of hydrogen-bond acceptors (Lipinski definition) is 3. The SMILES string of the molecule is Cc1cc(C)c(NCC(=O)N/N=C2/CCC[C@H](C)C2)c(C)c1. The number of rotatable bonds is 4. The van der Waals surface area contributed by atoms with Crippen LogP contribution in [0, 0.1) is 26.7 Å². The van der Waals surface area contributed by atoms with Gasteiger partial charge >= 0.3 is 0 Å². The number of nitrogens with zero attached hydrogens (tertiary/aromatic N) is 1. The molecule has 0 saturated heterocycles. The number of nitrogens with one attached hydrogen (secondary N) is 2. The lowest BCUT2D eigenvalue weighted by Crippen LogP contribution is -2.28. The second-order valence-electron chi connectivity index (χ2n) is 6.54.